The van der Waals surface area contributed by atoms with Crippen LogP contribution in [0.15, 0.2) is 81.5 Å². The van der Waals surface area contributed by atoms with Gasteiger partial charge in [0.1, 0.15) is 17.2 Å². The third kappa shape index (κ3) is 4.67. The van der Waals surface area contributed by atoms with Gasteiger partial charge in [0.2, 0.25) is 0 Å². The van der Waals surface area contributed by atoms with Crippen LogP contribution in [0.2, 0.25) is 0 Å². The molecule has 2 aliphatic heterocycles. The first-order valence-corrected chi connectivity index (χ1v) is 13.1. The minimum atomic E-state index is -0.319. The fourth-order valence-electron chi connectivity index (χ4n) is 4.92. The van der Waals surface area contributed by atoms with E-state index in [1.807, 2.05) is 36.6 Å². The van der Waals surface area contributed by atoms with Crippen LogP contribution in [0.5, 0.6) is 11.5 Å². The van der Waals surface area contributed by atoms with E-state index in [2.05, 4.69) is 35.2 Å². The standard InChI is InChI=1S/C29H30N2O4S/c1-4-35-28(32)25-18-36-29-30-26-21(17-19-9-13-22(33-2)14-10-19)7-5-6-8-24(26)27(31(25)29)20-11-15-23(34-3)16-12-20/h9-18,27H,4-8H2,1-3H3/b21-17+. The number of hydrogen-bond donors (Lipinski definition) is 0. The number of amidine groups is 1. The monoisotopic (exact) mass is 502 g/mol. The molecule has 0 radical (unpaired) electrons. The first kappa shape index (κ1) is 24.3. The summed E-state index contributed by atoms with van der Waals surface area (Å²) in [7, 11) is 3.35. The molecule has 0 amide bonds. The molecule has 0 N–H and O–H groups in total. The van der Waals surface area contributed by atoms with Gasteiger partial charge in [0.15, 0.2) is 5.17 Å². The van der Waals surface area contributed by atoms with Crippen molar-refractivity contribution in [2.24, 2.45) is 4.99 Å². The Morgan fingerprint density at radius 1 is 1.03 bits per heavy atom. The summed E-state index contributed by atoms with van der Waals surface area (Å²) in [6, 6.07) is 16.1. The summed E-state index contributed by atoms with van der Waals surface area (Å²) >= 11 is 1.48. The maximum absolute atomic E-state index is 12.9. The summed E-state index contributed by atoms with van der Waals surface area (Å²) in [6.07, 6.45) is 6.27. The predicted octanol–water partition coefficient (Wildman–Crippen LogP) is 6.48. The molecular formula is C29H30N2O4S. The first-order valence-electron chi connectivity index (χ1n) is 12.3. The second-order valence-electron chi connectivity index (χ2n) is 8.81. The van der Waals surface area contributed by atoms with Crippen molar-refractivity contribution in [1.29, 1.82) is 0 Å². The van der Waals surface area contributed by atoms with Gasteiger partial charge in [0.25, 0.3) is 0 Å². The molecule has 5 rings (SSSR count). The van der Waals surface area contributed by atoms with Gasteiger partial charge in [-0.3, -0.25) is 0 Å². The second-order valence-corrected chi connectivity index (χ2v) is 9.64. The van der Waals surface area contributed by atoms with Crippen LogP contribution in [0.3, 0.4) is 0 Å². The van der Waals surface area contributed by atoms with Crippen LogP contribution in [-0.2, 0) is 9.53 Å². The van der Waals surface area contributed by atoms with E-state index < -0.39 is 0 Å². The molecule has 1 unspecified atom stereocenters. The van der Waals surface area contributed by atoms with Crippen molar-refractivity contribution in [2.45, 2.75) is 38.6 Å². The molecule has 186 valence electrons. The lowest BCUT2D eigenvalue weighted by molar-refractivity contribution is -0.139. The van der Waals surface area contributed by atoms with E-state index in [4.69, 9.17) is 19.2 Å². The van der Waals surface area contributed by atoms with Gasteiger partial charge in [-0.05, 0) is 85.2 Å². The molecule has 1 atom stereocenters. The van der Waals surface area contributed by atoms with Crippen LogP contribution in [-0.4, -0.2) is 36.9 Å². The molecule has 7 heteroatoms. The normalized spacial score (nSPS) is 20.2. The van der Waals surface area contributed by atoms with Crippen molar-refractivity contribution in [2.75, 3.05) is 20.8 Å². The average molecular weight is 503 g/mol. The van der Waals surface area contributed by atoms with Crippen molar-refractivity contribution in [3.63, 3.8) is 0 Å². The number of thioether (sulfide) groups is 1. The molecule has 2 heterocycles. The minimum absolute atomic E-state index is 0.138. The summed E-state index contributed by atoms with van der Waals surface area (Å²) in [5.74, 6) is 1.32. The van der Waals surface area contributed by atoms with Gasteiger partial charge in [-0.1, -0.05) is 36.0 Å². The second kappa shape index (κ2) is 10.7. The molecular weight excluding hydrogens is 472 g/mol. The number of benzene rings is 2. The number of hydrogen-bond acceptors (Lipinski definition) is 7. The summed E-state index contributed by atoms with van der Waals surface area (Å²) in [5.41, 5.74) is 6.26. The molecule has 0 saturated carbocycles. The fraction of sp³-hybridized carbons (Fsp3) is 0.310. The number of rotatable bonds is 6. The Kier molecular flexibility index (Phi) is 7.18. The Morgan fingerprint density at radius 3 is 2.36 bits per heavy atom. The van der Waals surface area contributed by atoms with Gasteiger partial charge in [-0.2, -0.15) is 0 Å². The molecule has 0 bridgehead atoms. The fourth-order valence-corrected chi connectivity index (χ4v) is 5.81. The van der Waals surface area contributed by atoms with E-state index >= 15 is 0 Å². The highest BCUT2D eigenvalue weighted by Gasteiger charge is 2.41. The SMILES string of the molecule is CCOC(=O)C1=CSC2=NC3=C(CCCC/C3=C\c3ccc(OC)cc3)C(c3ccc(OC)cc3)N12. The Balaban J connectivity index is 1.62. The number of fused-ring (bicyclic) bond motifs is 1. The van der Waals surface area contributed by atoms with E-state index in [-0.39, 0.29) is 12.0 Å². The Labute approximate surface area is 216 Å². The topological polar surface area (TPSA) is 60.4 Å². The minimum Gasteiger partial charge on any atom is -0.497 e. The lowest BCUT2D eigenvalue weighted by Crippen LogP contribution is -2.37. The van der Waals surface area contributed by atoms with Crippen LogP contribution >= 0.6 is 11.8 Å². The third-order valence-electron chi connectivity index (χ3n) is 6.66. The van der Waals surface area contributed by atoms with E-state index in [9.17, 15) is 4.79 Å². The van der Waals surface area contributed by atoms with Crippen LogP contribution in [0.1, 0.15) is 49.8 Å². The van der Waals surface area contributed by atoms with Gasteiger partial charge in [-0.25, -0.2) is 9.79 Å². The number of allylic oxidation sites excluding steroid dienone is 1. The van der Waals surface area contributed by atoms with Gasteiger partial charge >= 0.3 is 5.97 Å². The van der Waals surface area contributed by atoms with Crippen molar-refractivity contribution >= 4 is 29.0 Å². The smallest absolute Gasteiger partial charge is 0.355 e. The predicted molar refractivity (Wildman–Crippen MR) is 144 cm³/mol. The lowest BCUT2D eigenvalue weighted by atomic mass is 9.90. The van der Waals surface area contributed by atoms with E-state index in [0.29, 0.717) is 12.3 Å². The number of carbonyl (C=O) groups excluding carboxylic acids is 1. The molecule has 0 fully saturated rings. The van der Waals surface area contributed by atoms with Gasteiger partial charge in [0.05, 0.1) is 32.6 Å². The van der Waals surface area contributed by atoms with Crippen molar-refractivity contribution in [3.05, 3.63) is 87.6 Å². The zero-order valence-electron chi connectivity index (χ0n) is 20.8. The number of aliphatic imine (C=N–C) groups is 1. The van der Waals surface area contributed by atoms with Crippen LogP contribution in [0.25, 0.3) is 6.08 Å². The average Bonchev–Trinajstić information content (AvgIpc) is 3.24. The highest BCUT2D eigenvalue weighted by Crippen LogP contribution is 2.48. The van der Waals surface area contributed by atoms with Crippen molar-refractivity contribution in [3.8, 4) is 11.5 Å². The molecule has 0 spiro atoms. The number of carbonyl (C=O) groups is 1. The van der Waals surface area contributed by atoms with Crippen molar-refractivity contribution in [1.82, 2.24) is 4.90 Å². The number of nitrogens with zero attached hydrogens (tertiary/aromatic N) is 2. The molecule has 0 saturated heterocycles. The Morgan fingerprint density at radius 2 is 1.69 bits per heavy atom. The number of ether oxygens (including phenoxy) is 3. The largest absolute Gasteiger partial charge is 0.497 e. The molecule has 36 heavy (non-hydrogen) atoms. The molecule has 2 aromatic carbocycles. The highest BCUT2D eigenvalue weighted by atomic mass is 32.2. The quantitative estimate of drug-likeness (QED) is 0.422. The van der Waals surface area contributed by atoms with E-state index in [1.54, 1.807) is 14.2 Å². The highest BCUT2D eigenvalue weighted by molar-refractivity contribution is 8.16. The molecule has 3 aliphatic rings. The summed E-state index contributed by atoms with van der Waals surface area (Å²) in [6.45, 7) is 2.16. The zero-order valence-corrected chi connectivity index (χ0v) is 21.6. The number of methoxy groups -OCH3 is 2. The zero-order chi connectivity index (χ0) is 25.1. The Bertz CT molecular complexity index is 1260. The Hall–Kier alpha value is -3.45. The first-order chi connectivity index (χ1) is 17.6. The van der Waals surface area contributed by atoms with Gasteiger partial charge < -0.3 is 19.1 Å². The van der Waals surface area contributed by atoms with Gasteiger partial charge in [0, 0.05) is 5.41 Å². The third-order valence-corrected chi connectivity index (χ3v) is 7.50. The van der Waals surface area contributed by atoms with E-state index in [0.717, 1.165) is 59.2 Å². The molecule has 1 aliphatic carbocycles. The summed E-state index contributed by atoms with van der Waals surface area (Å²) < 4.78 is 16.1. The molecule has 2 aromatic rings. The maximum atomic E-state index is 12.9. The molecule has 6 nitrogen and oxygen atoms in total. The summed E-state index contributed by atoms with van der Waals surface area (Å²) in [4.78, 5) is 20.1. The summed E-state index contributed by atoms with van der Waals surface area (Å²) in [5, 5.41) is 2.67. The molecule has 0 aromatic heterocycles. The maximum Gasteiger partial charge on any atom is 0.355 e. The van der Waals surface area contributed by atoms with Crippen molar-refractivity contribution < 1.29 is 19.0 Å². The van der Waals surface area contributed by atoms with E-state index in [1.165, 1.54) is 22.9 Å². The van der Waals surface area contributed by atoms with Crippen LogP contribution in [0, 0.1) is 0 Å². The van der Waals surface area contributed by atoms with Crippen LogP contribution < -0.4 is 9.47 Å². The van der Waals surface area contributed by atoms with Gasteiger partial charge in [-0.15, -0.1) is 0 Å². The lowest BCUT2D eigenvalue weighted by Gasteiger charge is -2.37. The van der Waals surface area contributed by atoms with Crippen LogP contribution in [0.4, 0.5) is 0 Å². The number of esters is 1.